The van der Waals surface area contributed by atoms with Gasteiger partial charge in [-0.05, 0) is 55.3 Å². The fourth-order valence-corrected chi connectivity index (χ4v) is 3.93. The topological polar surface area (TPSA) is 62.3 Å². The van der Waals surface area contributed by atoms with E-state index in [9.17, 15) is 9.59 Å². The lowest BCUT2D eigenvalue weighted by Gasteiger charge is -2.32. The Morgan fingerprint density at radius 2 is 2.04 bits per heavy atom. The number of pyridine rings is 1. The van der Waals surface area contributed by atoms with Crippen molar-refractivity contribution in [1.29, 1.82) is 0 Å². The number of rotatable bonds is 5. The number of amides is 2. The first kappa shape index (κ1) is 19.7. The second-order valence-electron chi connectivity index (χ2n) is 6.52. The van der Waals surface area contributed by atoms with E-state index in [0.29, 0.717) is 41.7 Å². The smallest absolute Gasteiger partial charge is 0.256 e. The van der Waals surface area contributed by atoms with Gasteiger partial charge in [0.1, 0.15) is 5.03 Å². The number of halogens is 1. The maximum atomic E-state index is 12.8. The van der Waals surface area contributed by atoms with Gasteiger partial charge in [0.2, 0.25) is 0 Å². The third kappa shape index (κ3) is 5.02. The van der Waals surface area contributed by atoms with E-state index in [0.717, 1.165) is 17.9 Å². The Balaban J connectivity index is 1.50. The molecule has 1 N–H and O–H groups in total. The van der Waals surface area contributed by atoms with Crippen LogP contribution in [0.15, 0.2) is 47.6 Å². The number of hydrogen-bond donors (Lipinski definition) is 1. The number of thioether (sulfide) groups is 1. The standard InChI is InChI=1S/C20H22ClN3O2S/c1-27-19-17(6-3-9-22-19)20(26)24-10-7-14(8-11-24)13-23-18(25)15-4-2-5-16(21)12-15/h2-6,9,12,14H,7-8,10-11,13H2,1H3,(H,23,25). The average Bonchev–Trinajstić information content (AvgIpc) is 2.71. The van der Waals surface area contributed by atoms with Crippen LogP contribution >= 0.6 is 23.4 Å². The Morgan fingerprint density at radius 3 is 2.74 bits per heavy atom. The van der Waals surface area contributed by atoms with Crippen molar-refractivity contribution in [3.05, 3.63) is 58.7 Å². The van der Waals surface area contributed by atoms with Crippen molar-refractivity contribution in [2.24, 2.45) is 5.92 Å². The average molecular weight is 404 g/mol. The summed E-state index contributed by atoms with van der Waals surface area (Å²) in [5.74, 6) is 0.288. The molecular formula is C20H22ClN3O2S. The van der Waals surface area contributed by atoms with Crippen LogP contribution in [-0.2, 0) is 0 Å². The maximum Gasteiger partial charge on any atom is 0.256 e. The van der Waals surface area contributed by atoms with Crippen molar-refractivity contribution < 1.29 is 9.59 Å². The first-order valence-corrected chi connectivity index (χ1v) is 10.5. The van der Waals surface area contributed by atoms with Gasteiger partial charge in [0.25, 0.3) is 11.8 Å². The highest BCUT2D eigenvalue weighted by Gasteiger charge is 2.25. The van der Waals surface area contributed by atoms with E-state index in [1.165, 1.54) is 11.8 Å². The van der Waals surface area contributed by atoms with Crippen molar-refractivity contribution in [3.63, 3.8) is 0 Å². The summed E-state index contributed by atoms with van der Waals surface area (Å²) in [6, 6.07) is 10.6. The number of carbonyl (C=O) groups excluding carboxylic acids is 2. The van der Waals surface area contributed by atoms with Crippen molar-refractivity contribution >= 4 is 35.2 Å². The number of hydrogen-bond acceptors (Lipinski definition) is 4. The molecule has 5 nitrogen and oxygen atoms in total. The Kier molecular flexibility index (Phi) is 6.74. The molecule has 0 aliphatic carbocycles. The fraction of sp³-hybridized carbons (Fsp3) is 0.350. The molecule has 0 unspecified atom stereocenters. The summed E-state index contributed by atoms with van der Waals surface area (Å²) in [5, 5.41) is 4.29. The minimum atomic E-state index is -0.115. The zero-order valence-electron chi connectivity index (χ0n) is 15.2. The zero-order valence-corrected chi connectivity index (χ0v) is 16.7. The third-order valence-corrected chi connectivity index (χ3v) is 5.68. The molecule has 0 spiro atoms. The van der Waals surface area contributed by atoms with E-state index in [-0.39, 0.29) is 11.8 Å². The van der Waals surface area contributed by atoms with E-state index >= 15 is 0 Å². The Labute approximate surface area is 168 Å². The minimum absolute atomic E-state index is 0.0360. The largest absolute Gasteiger partial charge is 0.352 e. The number of nitrogens with zero attached hydrogens (tertiary/aromatic N) is 2. The van der Waals surface area contributed by atoms with Crippen molar-refractivity contribution in [3.8, 4) is 0 Å². The predicted octanol–water partition coefficient (Wildman–Crippen LogP) is 3.74. The van der Waals surface area contributed by atoms with Gasteiger partial charge in [-0.2, -0.15) is 0 Å². The van der Waals surface area contributed by atoms with Crippen LogP contribution in [-0.4, -0.2) is 47.6 Å². The molecule has 27 heavy (non-hydrogen) atoms. The SMILES string of the molecule is CSc1ncccc1C(=O)N1CCC(CNC(=O)c2cccc(Cl)c2)CC1. The van der Waals surface area contributed by atoms with E-state index in [2.05, 4.69) is 10.3 Å². The highest BCUT2D eigenvalue weighted by Crippen LogP contribution is 2.23. The van der Waals surface area contributed by atoms with Crippen molar-refractivity contribution in [2.45, 2.75) is 17.9 Å². The van der Waals surface area contributed by atoms with Crippen LogP contribution in [0.1, 0.15) is 33.6 Å². The molecule has 0 radical (unpaired) electrons. The lowest BCUT2D eigenvalue weighted by molar-refractivity contribution is 0.0680. The van der Waals surface area contributed by atoms with Gasteiger partial charge in [0.05, 0.1) is 5.56 Å². The lowest BCUT2D eigenvalue weighted by atomic mass is 9.96. The third-order valence-electron chi connectivity index (χ3n) is 4.73. The van der Waals surface area contributed by atoms with Crippen molar-refractivity contribution in [2.75, 3.05) is 25.9 Å². The molecule has 1 aliphatic rings. The molecule has 0 saturated carbocycles. The molecule has 0 atom stereocenters. The van der Waals surface area contributed by atoms with Gasteiger partial charge in [-0.1, -0.05) is 17.7 Å². The molecule has 1 saturated heterocycles. The quantitative estimate of drug-likeness (QED) is 0.772. The fourth-order valence-electron chi connectivity index (χ4n) is 3.20. The monoisotopic (exact) mass is 403 g/mol. The van der Waals surface area contributed by atoms with Gasteiger partial charge in [0, 0.05) is 36.4 Å². The summed E-state index contributed by atoms with van der Waals surface area (Å²) in [6.45, 7) is 1.99. The summed E-state index contributed by atoms with van der Waals surface area (Å²) < 4.78 is 0. The number of carbonyl (C=O) groups is 2. The second-order valence-corrected chi connectivity index (χ2v) is 7.75. The lowest BCUT2D eigenvalue weighted by Crippen LogP contribution is -2.41. The molecule has 1 fully saturated rings. The molecule has 2 heterocycles. The minimum Gasteiger partial charge on any atom is -0.352 e. The van der Waals surface area contributed by atoms with E-state index in [1.54, 1.807) is 36.5 Å². The summed E-state index contributed by atoms with van der Waals surface area (Å²) in [6.07, 6.45) is 5.37. The number of nitrogens with one attached hydrogen (secondary N) is 1. The molecule has 2 aromatic rings. The predicted molar refractivity (Wildman–Crippen MR) is 108 cm³/mol. The number of aromatic nitrogens is 1. The van der Waals surface area contributed by atoms with E-state index in [4.69, 9.17) is 11.6 Å². The first-order valence-electron chi connectivity index (χ1n) is 8.90. The van der Waals surface area contributed by atoms with Gasteiger partial charge in [-0.25, -0.2) is 4.98 Å². The Morgan fingerprint density at radius 1 is 1.26 bits per heavy atom. The molecule has 1 aromatic carbocycles. The van der Waals surface area contributed by atoms with Gasteiger partial charge in [0.15, 0.2) is 0 Å². The van der Waals surface area contributed by atoms with Crippen LogP contribution in [0, 0.1) is 5.92 Å². The highest BCUT2D eigenvalue weighted by molar-refractivity contribution is 7.98. The summed E-state index contributed by atoms with van der Waals surface area (Å²) in [4.78, 5) is 31.1. The van der Waals surface area contributed by atoms with Crippen LogP contribution in [0.4, 0.5) is 0 Å². The molecule has 1 aromatic heterocycles. The molecular weight excluding hydrogens is 382 g/mol. The van der Waals surface area contributed by atoms with E-state index < -0.39 is 0 Å². The van der Waals surface area contributed by atoms with Gasteiger partial charge in [-0.15, -0.1) is 11.8 Å². The van der Waals surface area contributed by atoms with Crippen LogP contribution < -0.4 is 5.32 Å². The van der Waals surface area contributed by atoms with E-state index in [1.807, 2.05) is 17.2 Å². The van der Waals surface area contributed by atoms with Gasteiger partial charge in [-0.3, -0.25) is 9.59 Å². The molecule has 142 valence electrons. The maximum absolute atomic E-state index is 12.8. The molecule has 3 rings (SSSR count). The molecule has 0 bridgehead atoms. The number of piperidine rings is 1. The molecule has 2 amide bonds. The van der Waals surface area contributed by atoms with Crippen LogP contribution in [0.2, 0.25) is 5.02 Å². The number of likely N-dealkylation sites (tertiary alicyclic amines) is 1. The first-order chi connectivity index (χ1) is 13.1. The van der Waals surface area contributed by atoms with Crippen LogP contribution in [0.3, 0.4) is 0 Å². The summed E-state index contributed by atoms with van der Waals surface area (Å²) >= 11 is 7.42. The molecule has 7 heteroatoms. The Hall–Kier alpha value is -2.05. The molecule has 1 aliphatic heterocycles. The Bertz CT molecular complexity index is 822. The zero-order chi connectivity index (χ0) is 19.2. The van der Waals surface area contributed by atoms with Crippen molar-refractivity contribution in [1.82, 2.24) is 15.2 Å². The normalized spacial score (nSPS) is 14.8. The van der Waals surface area contributed by atoms with Crippen LogP contribution in [0.5, 0.6) is 0 Å². The summed E-state index contributed by atoms with van der Waals surface area (Å²) in [5.41, 5.74) is 1.23. The summed E-state index contributed by atoms with van der Waals surface area (Å²) in [7, 11) is 0. The highest BCUT2D eigenvalue weighted by atomic mass is 35.5. The van der Waals surface area contributed by atoms with Gasteiger partial charge >= 0.3 is 0 Å². The number of benzene rings is 1. The second kappa shape index (κ2) is 9.24. The van der Waals surface area contributed by atoms with Gasteiger partial charge < -0.3 is 10.2 Å². The van der Waals surface area contributed by atoms with Crippen LogP contribution in [0.25, 0.3) is 0 Å².